The van der Waals surface area contributed by atoms with Crippen LogP contribution in [0.2, 0.25) is 0 Å². The summed E-state index contributed by atoms with van der Waals surface area (Å²) in [6.07, 6.45) is 0. The Morgan fingerprint density at radius 2 is 2.00 bits per heavy atom. The fourth-order valence-corrected chi connectivity index (χ4v) is 3.09. The number of nitrogen functional groups attached to an aromatic ring is 1. The van der Waals surface area contributed by atoms with Gasteiger partial charge in [0, 0.05) is 0 Å². The van der Waals surface area contributed by atoms with Crippen LogP contribution in [0.15, 0.2) is 29.3 Å². The first-order valence-electron chi connectivity index (χ1n) is 7.76. The number of carbonyl (C=O) groups is 1. The number of benzene rings is 1. The summed E-state index contributed by atoms with van der Waals surface area (Å²) < 4.78 is 5.47. The summed E-state index contributed by atoms with van der Waals surface area (Å²) in [6.45, 7) is 3.99. The molecule has 132 valence electrons. The maximum absolute atomic E-state index is 12.3. The minimum absolute atomic E-state index is 0.0346. The largest absolute Gasteiger partial charge is 0.492 e. The molecule has 0 fully saturated rings. The van der Waals surface area contributed by atoms with Crippen LogP contribution in [0.5, 0.6) is 5.75 Å². The monoisotopic (exact) mass is 367 g/mol. The predicted molar refractivity (Wildman–Crippen MR) is 99.8 cm³/mol. The summed E-state index contributed by atoms with van der Waals surface area (Å²) in [5.74, 6) is 0.400. The minimum atomic E-state index is -0.270. The van der Waals surface area contributed by atoms with Crippen molar-refractivity contribution in [2.45, 2.75) is 18.9 Å². The van der Waals surface area contributed by atoms with Gasteiger partial charge in [-0.3, -0.25) is 4.79 Å². The zero-order valence-corrected chi connectivity index (χ0v) is 15.2. The van der Waals surface area contributed by atoms with Gasteiger partial charge in [0.15, 0.2) is 0 Å². The molecule has 7 nitrogen and oxygen atoms in total. The van der Waals surface area contributed by atoms with Crippen molar-refractivity contribution in [3.63, 3.8) is 0 Å². The Bertz CT molecular complexity index is 915. The lowest BCUT2D eigenvalue weighted by Gasteiger charge is -2.12. The van der Waals surface area contributed by atoms with Crippen LogP contribution in [0.25, 0.3) is 0 Å². The molecule has 1 amide bonds. The summed E-state index contributed by atoms with van der Waals surface area (Å²) in [7, 11) is 0. The third-order valence-corrected chi connectivity index (χ3v) is 4.44. The van der Waals surface area contributed by atoms with E-state index < -0.39 is 0 Å². The van der Waals surface area contributed by atoms with Crippen molar-refractivity contribution in [3.8, 4) is 17.9 Å². The molecule has 2 rings (SSSR count). The number of nitriles is 2. The fourth-order valence-electron chi connectivity index (χ4n) is 2.25. The molecule has 26 heavy (non-hydrogen) atoms. The molecule has 0 aliphatic carbocycles. The second-order valence-electron chi connectivity index (χ2n) is 5.17. The Morgan fingerprint density at radius 1 is 1.31 bits per heavy atom. The molecule has 1 aromatic heterocycles. The number of amides is 1. The van der Waals surface area contributed by atoms with Crippen LogP contribution in [0.1, 0.15) is 23.6 Å². The molecular formula is C18H17N5O2S. The number of hydrogen-bond acceptors (Lipinski definition) is 7. The summed E-state index contributed by atoms with van der Waals surface area (Å²) >= 11 is 1.09. The average Bonchev–Trinajstić information content (AvgIpc) is 2.62. The standard InChI is InChI=1S/C18H17N5O2S/c1-3-25-15-7-5-4-6-14(15)22-16(24)10-26-18-13(9-20)11(2)12(8-19)17(21)23-18/h4-7H,3,10H2,1-2H3,(H2,21,23)(H,22,24). The topological polar surface area (TPSA) is 125 Å². The second-order valence-corrected chi connectivity index (χ2v) is 6.13. The summed E-state index contributed by atoms with van der Waals surface area (Å²) in [5, 5.41) is 21.5. The van der Waals surface area contributed by atoms with Gasteiger partial charge < -0.3 is 15.8 Å². The lowest BCUT2D eigenvalue weighted by Crippen LogP contribution is -2.15. The molecule has 0 aliphatic rings. The molecule has 0 spiro atoms. The normalized spacial score (nSPS) is 9.85. The predicted octanol–water partition coefficient (Wildman–Crippen LogP) is 2.85. The molecule has 0 bridgehead atoms. The summed E-state index contributed by atoms with van der Waals surface area (Å²) in [6, 6.07) is 11.1. The van der Waals surface area contributed by atoms with E-state index in [1.807, 2.05) is 25.1 Å². The molecule has 2 aromatic rings. The Kier molecular flexibility index (Phi) is 6.42. The highest BCUT2D eigenvalue weighted by Crippen LogP contribution is 2.28. The number of hydrogen-bond donors (Lipinski definition) is 2. The Morgan fingerprint density at radius 3 is 2.65 bits per heavy atom. The molecule has 0 unspecified atom stereocenters. The number of nitrogens with one attached hydrogen (secondary N) is 1. The molecule has 0 aliphatic heterocycles. The minimum Gasteiger partial charge on any atom is -0.492 e. The van der Waals surface area contributed by atoms with Crippen LogP contribution in [0.4, 0.5) is 11.5 Å². The van der Waals surface area contributed by atoms with Gasteiger partial charge >= 0.3 is 0 Å². The van der Waals surface area contributed by atoms with Crippen LogP contribution >= 0.6 is 11.8 Å². The van der Waals surface area contributed by atoms with Crippen LogP contribution < -0.4 is 15.8 Å². The van der Waals surface area contributed by atoms with E-state index in [-0.39, 0.29) is 28.6 Å². The van der Waals surface area contributed by atoms with E-state index in [1.54, 1.807) is 25.1 Å². The van der Waals surface area contributed by atoms with E-state index in [9.17, 15) is 10.1 Å². The zero-order chi connectivity index (χ0) is 19.1. The number of anilines is 2. The maximum Gasteiger partial charge on any atom is 0.234 e. The number of nitrogens with two attached hydrogens (primary N) is 1. The number of para-hydroxylation sites is 2. The molecule has 1 heterocycles. The van der Waals surface area contributed by atoms with Crippen molar-refractivity contribution in [2.75, 3.05) is 23.4 Å². The van der Waals surface area contributed by atoms with Crippen LogP contribution in [0.3, 0.4) is 0 Å². The van der Waals surface area contributed by atoms with Crippen LogP contribution in [0, 0.1) is 29.6 Å². The molecule has 0 radical (unpaired) electrons. The number of nitrogens with zero attached hydrogens (tertiary/aromatic N) is 3. The van der Waals surface area contributed by atoms with Crippen molar-refractivity contribution in [2.24, 2.45) is 0 Å². The zero-order valence-electron chi connectivity index (χ0n) is 14.4. The van der Waals surface area contributed by atoms with Crippen molar-refractivity contribution in [1.29, 1.82) is 10.5 Å². The number of rotatable bonds is 6. The Balaban J connectivity index is 2.14. The highest BCUT2D eigenvalue weighted by atomic mass is 32.2. The number of pyridine rings is 1. The first kappa shape index (κ1) is 19.1. The molecule has 8 heteroatoms. The van der Waals surface area contributed by atoms with Crippen molar-refractivity contribution in [3.05, 3.63) is 41.0 Å². The van der Waals surface area contributed by atoms with E-state index in [2.05, 4.69) is 10.3 Å². The number of thioether (sulfide) groups is 1. The fraction of sp³-hybridized carbons (Fsp3) is 0.222. The van der Waals surface area contributed by atoms with Crippen LogP contribution in [-0.4, -0.2) is 23.3 Å². The molecule has 0 atom stereocenters. The van der Waals surface area contributed by atoms with Gasteiger partial charge in [-0.1, -0.05) is 23.9 Å². The first-order valence-corrected chi connectivity index (χ1v) is 8.75. The average molecular weight is 367 g/mol. The van der Waals surface area contributed by atoms with E-state index in [0.717, 1.165) is 11.8 Å². The van der Waals surface area contributed by atoms with Crippen LogP contribution in [-0.2, 0) is 4.79 Å². The van der Waals surface area contributed by atoms with Crippen molar-refractivity contribution < 1.29 is 9.53 Å². The summed E-state index contributed by atoms with van der Waals surface area (Å²) in [5.41, 5.74) is 7.24. The van der Waals surface area contributed by atoms with Crippen molar-refractivity contribution >= 4 is 29.2 Å². The molecule has 1 aromatic carbocycles. The van der Waals surface area contributed by atoms with Gasteiger partial charge in [-0.05, 0) is 31.5 Å². The van der Waals surface area contributed by atoms with E-state index in [4.69, 9.17) is 15.7 Å². The van der Waals surface area contributed by atoms with Gasteiger partial charge in [-0.2, -0.15) is 10.5 Å². The third kappa shape index (κ3) is 4.24. The van der Waals surface area contributed by atoms with Crippen molar-refractivity contribution in [1.82, 2.24) is 4.98 Å². The highest BCUT2D eigenvalue weighted by molar-refractivity contribution is 8.00. The van der Waals surface area contributed by atoms with Gasteiger partial charge in [0.05, 0.1) is 29.2 Å². The number of aromatic nitrogens is 1. The molecule has 3 N–H and O–H groups in total. The number of carbonyl (C=O) groups excluding carboxylic acids is 1. The SMILES string of the molecule is CCOc1ccccc1NC(=O)CSc1nc(N)c(C#N)c(C)c1C#N. The van der Waals surface area contributed by atoms with Gasteiger partial charge in [-0.15, -0.1) is 0 Å². The quantitative estimate of drug-likeness (QED) is 0.752. The lowest BCUT2D eigenvalue weighted by atomic mass is 10.1. The third-order valence-electron chi connectivity index (χ3n) is 3.47. The highest BCUT2D eigenvalue weighted by Gasteiger charge is 2.17. The number of ether oxygens (including phenoxy) is 1. The van der Waals surface area contributed by atoms with Gasteiger partial charge in [0.25, 0.3) is 0 Å². The van der Waals surface area contributed by atoms with Gasteiger partial charge in [-0.25, -0.2) is 4.98 Å². The molecular weight excluding hydrogens is 350 g/mol. The van der Waals surface area contributed by atoms with E-state index >= 15 is 0 Å². The maximum atomic E-state index is 12.3. The first-order chi connectivity index (χ1) is 12.5. The second kappa shape index (κ2) is 8.75. The lowest BCUT2D eigenvalue weighted by molar-refractivity contribution is -0.113. The van der Waals surface area contributed by atoms with E-state index in [0.29, 0.717) is 28.6 Å². The molecule has 0 saturated carbocycles. The van der Waals surface area contributed by atoms with Gasteiger partial charge in [0.1, 0.15) is 28.7 Å². The summed E-state index contributed by atoms with van der Waals surface area (Å²) in [4.78, 5) is 16.3. The smallest absolute Gasteiger partial charge is 0.234 e. The molecule has 0 saturated heterocycles. The Labute approximate surface area is 155 Å². The Hall–Kier alpha value is -3.23. The van der Waals surface area contributed by atoms with Gasteiger partial charge in [0.2, 0.25) is 5.91 Å². The van der Waals surface area contributed by atoms with E-state index in [1.165, 1.54) is 0 Å².